The fraction of sp³-hybridized carbons (Fsp3) is 1.00. The third-order valence-corrected chi connectivity index (χ3v) is 2.08. The smallest absolute Gasteiger partial charge is 1.00 e. The third kappa shape index (κ3) is 8.74. The fourth-order valence-electron chi connectivity index (χ4n) is 0.463. The Morgan fingerprint density at radius 3 is 2.27 bits per heavy atom. The van der Waals surface area contributed by atoms with E-state index in [0.29, 0.717) is 0 Å². The molecule has 0 aliphatic rings. The zero-order chi connectivity index (χ0) is 8.20. The molecule has 0 saturated heterocycles. The maximum Gasteiger partial charge on any atom is 1.00 e. The van der Waals surface area contributed by atoms with Crippen molar-refractivity contribution >= 4 is 10.1 Å². The topological polar surface area (TPSA) is 95.4 Å². The normalized spacial score (nSPS) is 11.3. The molecule has 0 aromatic carbocycles. The van der Waals surface area contributed by atoms with Crippen LogP contribution < -0.4 is 41.0 Å². The van der Waals surface area contributed by atoms with Crippen LogP contribution in [-0.2, 0) is 14.3 Å². The fourth-order valence-corrected chi connectivity index (χ4v) is 1.39. The van der Waals surface area contributed by atoms with Crippen LogP contribution in [0, 0.1) is 0 Å². The molecular weight excluding hydrogens is 179 g/mol. The number of hydrogen-bond acceptors (Lipinski definition) is 5. The minimum absolute atomic E-state index is 0. The average molecular weight is 192 g/mol. The summed E-state index contributed by atoms with van der Waals surface area (Å²) in [5, 5.41) is 0. The van der Waals surface area contributed by atoms with Gasteiger partial charge in [0.2, 0.25) is 0 Å². The Labute approximate surface area is 90.4 Å². The monoisotopic (exact) mass is 192 g/mol. The third-order valence-electron chi connectivity index (χ3n) is 0.694. The first-order chi connectivity index (χ1) is 4.48. The van der Waals surface area contributed by atoms with Gasteiger partial charge in [0.05, 0.1) is 12.8 Å². The van der Waals surface area contributed by atoms with Gasteiger partial charge >= 0.3 is 29.6 Å². The summed E-state index contributed by atoms with van der Waals surface area (Å²) in [4.78, 5) is 0. The van der Waals surface area contributed by atoms with E-state index in [1.807, 2.05) is 0 Å². The van der Waals surface area contributed by atoms with Gasteiger partial charge in [-0.3, -0.25) is 4.18 Å². The summed E-state index contributed by atoms with van der Waals surface area (Å²) in [7, 11) is -3.48. The molecule has 5 nitrogen and oxygen atoms in total. The van der Waals surface area contributed by atoms with Crippen molar-refractivity contribution < 1.29 is 43.6 Å². The van der Waals surface area contributed by atoms with Crippen LogP contribution in [0.1, 0.15) is 8.35 Å². The van der Waals surface area contributed by atoms with Crippen molar-refractivity contribution in [2.24, 2.45) is 11.5 Å². The summed E-state index contributed by atoms with van der Waals surface area (Å²) >= 11 is 0. The van der Waals surface area contributed by atoms with E-state index >= 15 is 0 Å². The average Bonchev–Trinajstić information content (AvgIpc) is 1.59. The summed E-state index contributed by atoms with van der Waals surface area (Å²) in [6, 6.07) is 0. The molecule has 0 bridgehead atoms. The molecule has 0 amide bonds. The molecule has 0 atom stereocenters. The van der Waals surface area contributed by atoms with Gasteiger partial charge in [-0.1, -0.05) is 0 Å². The summed E-state index contributed by atoms with van der Waals surface area (Å²) < 4.78 is 25.7. The van der Waals surface area contributed by atoms with E-state index in [2.05, 4.69) is 4.18 Å². The second kappa shape index (κ2) is 6.36. The number of nitrogens with two attached hydrogens (primary N) is 2. The van der Waals surface area contributed by atoms with Gasteiger partial charge in [-0.15, -0.1) is 0 Å². The first kappa shape index (κ1) is 14.4. The minimum Gasteiger partial charge on any atom is -1.00 e. The summed E-state index contributed by atoms with van der Waals surface area (Å²) in [5.74, 6) is -0.332. The van der Waals surface area contributed by atoms with E-state index in [1.165, 1.54) is 0 Å². The molecule has 0 saturated carbocycles. The number of hydrogen-bond donors (Lipinski definition) is 2. The summed E-state index contributed by atoms with van der Waals surface area (Å²) in [6.07, 6.45) is -0.864. The zero-order valence-electron chi connectivity index (χ0n) is 7.78. The van der Waals surface area contributed by atoms with Gasteiger partial charge in [-0.25, -0.2) is 0 Å². The Morgan fingerprint density at radius 1 is 1.55 bits per heavy atom. The largest absolute Gasteiger partial charge is 1.00 e. The first-order valence-electron chi connectivity index (χ1n) is 2.86. The van der Waals surface area contributed by atoms with Crippen molar-refractivity contribution in [3.8, 4) is 0 Å². The van der Waals surface area contributed by atoms with Crippen LogP contribution in [0.15, 0.2) is 0 Å². The maximum absolute atomic E-state index is 10.7. The summed E-state index contributed by atoms with van der Waals surface area (Å²) in [5.41, 5.74) is 10.1. The van der Waals surface area contributed by atoms with Gasteiger partial charge in [0, 0.05) is 0 Å². The van der Waals surface area contributed by atoms with Gasteiger partial charge in [0.15, 0.2) is 0 Å². The molecule has 0 aliphatic heterocycles. The molecule has 0 heterocycles. The van der Waals surface area contributed by atoms with Crippen molar-refractivity contribution in [2.45, 2.75) is 13.1 Å². The second-order valence-electron chi connectivity index (χ2n) is 1.79. The Kier molecular flexibility index (Phi) is 8.30. The Morgan fingerprint density at radius 2 is 2.00 bits per heavy atom. The van der Waals surface area contributed by atoms with Crippen molar-refractivity contribution in [3.63, 3.8) is 0 Å². The van der Waals surface area contributed by atoms with Crippen LogP contribution in [0.25, 0.3) is 0 Å². The van der Waals surface area contributed by atoms with Gasteiger partial charge < -0.3 is 12.9 Å². The standard InChI is InChI=1S/C4H12N2O3S.Na.H/c1-2-9-10(7,8)3-4(5)6;;/h4H,2-3,5-6H2,1H3;;/q;+1;-1. The van der Waals surface area contributed by atoms with Crippen LogP contribution in [0.4, 0.5) is 0 Å². The predicted octanol–water partition coefficient (Wildman–Crippen LogP) is -4.29. The van der Waals surface area contributed by atoms with E-state index in [1.54, 1.807) is 6.92 Å². The molecule has 7 heteroatoms. The van der Waals surface area contributed by atoms with Crippen LogP contribution >= 0.6 is 0 Å². The van der Waals surface area contributed by atoms with Crippen molar-refractivity contribution in [1.82, 2.24) is 0 Å². The van der Waals surface area contributed by atoms with Gasteiger partial charge in [-0.05, 0) is 6.92 Å². The molecule has 0 spiro atoms. The molecule has 4 N–H and O–H groups in total. The van der Waals surface area contributed by atoms with Gasteiger partial charge in [-0.2, -0.15) is 8.42 Å². The van der Waals surface area contributed by atoms with E-state index in [9.17, 15) is 8.42 Å². The number of rotatable bonds is 4. The molecule has 0 rings (SSSR count). The quantitative estimate of drug-likeness (QED) is 0.267. The van der Waals surface area contributed by atoms with Crippen molar-refractivity contribution in [2.75, 3.05) is 12.4 Å². The molecular formula is C4H13N2NaO3S. The molecule has 0 aromatic heterocycles. The van der Waals surface area contributed by atoms with E-state index in [4.69, 9.17) is 11.5 Å². The maximum atomic E-state index is 10.7. The van der Waals surface area contributed by atoms with E-state index in [0.717, 1.165) is 0 Å². The Bertz CT molecular complexity index is 185. The molecule has 0 radical (unpaired) electrons. The van der Waals surface area contributed by atoms with Gasteiger partial charge in [0.1, 0.15) is 5.75 Å². The first-order valence-corrected chi connectivity index (χ1v) is 4.44. The van der Waals surface area contributed by atoms with Crippen LogP contribution in [0.3, 0.4) is 0 Å². The van der Waals surface area contributed by atoms with Crippen LogP contribution in [0.5, 0.6) is 0 Å². The molecule has 0 aromatic rings. The van der Waals surface area contributed by atoms with Crippen molar-refractivity contribution in [3.05, 3.63) is 0 Å². The SMILES string of the molecule is CCOS(=O)(=O)CC(N)N.[H-].[Na+]. The van der Waals surface area contributed by atoms with Crippen LogP contribution in [0.2, 0.25) is 0 Å². The van der Waals surface area contributed by atoms with Crippen molar-refractivity contribution in [1.29, 1.82) is 0 Å². The molecule has 0 fully saturated rings. The molecule has 64 valence electrons. The predicted molar refractivity (Wildman–Crippen MR) is 38.7 cm³/mol. The zero-order valence-corrected chi connectivity index (χ0v) is 9.60. The summed E-state index contributed by atoms with van der Waals surface area (Å²) in [6.45, 7) is 1.70. The molecule has 0 aliphatic carbocycles. The molecule has 11 heavy (non-hydrogen) atoms. The van der Waals surface area contributed by atoms with E-state index < -0.39 is 16.3 Å². The Balaban J connectivity index is -0.000000405. The van der Waals surface area contributed by atoms with Gasteiger partial charge in [0.25, 0.3) is 10.1 Å². The van der Waals surface area contributed by atoms with Crippen LogP contribution in [-0.4, -0.2) is 26.9 Å². The minimum atomic E-state index is -3.48. The Hall–Kier alpha value is 0.830. The van der Waals surface area contributed by atoms with E-state index in [-0.39, 0.29) is 43.3 Å². The molecule has 0 unspecified atom stereocenters. The second-order valence-corrected chi connectivity index (χ2v) is 3.48.